The highest BCUT2D eigenvalue weighted by Gasteiger charge is 2.25. The summed E-state index contributed by atoms with van der Waals surface area (Å²) in [4.78, 5) is 46.5. The summed E-state index contributed by atoms with van der Waals surface area (Å²) in [6.45, 7) is 0.279. The molecule has 0 saturated carbocycles. The molecule has 1 N–H and O–H groups in total. The Hall–Kier alpha value is -3.39. The van der Waals surface area contributed by atoms with Gasteiger partial charge in [-0.05, 0) is 54.4 Å². The first-order valence-corrected chi connectivity index (χ1v) is 11.3. The van der Waals surface area contributed by atoms with E-state index in [4.69, 9.17) is 0 Å². The van der Waals surface area contributed by atoms with Gasteiger partial charge in [0.25, 0.3) is 5.91 Å². The van der Waals surface area contributed by atoms with Crippen molar-refractivity contribution in [2.75, 3.05) is 25.3 Å². The number of nitrogens with one attached hydrogen (secondary N) is 1. The lowest BCUT2D eigenvalue weighted by molar-refractivity contribution is -0.127. The van der Waals surface area contributed by atoms with Gasteiger partial charge in [-0.2, -0.15) is 0 Å². The Morgan fingerprint density at radius 1 is 1.09 bits per heavy atom. The van der Waals surface area contributed by atoms with E-state index < -0.39 is 6.17 Å². The first kappa shape index (κ1) is 23.3. The van der Waals surface area contributed by atoms with Crippen molar-refractivity contribution in [3.63, 3.8) is 0 Å². The number of aliphatic imine (C=N–C) groups is 1. The van der Waals surface area contributed by atoms with Crippen LogP contribution in [0.5, 0.6) is 0 Å². The number of benzene rings is 2. The zero-order chi connectivity index (χ0) is 23.1. The Morgan fingerprint density at radius 3 is 2.47 bits per heavy atom. The summed E-state index contributed by atoms with van der Waals surface area (Å²) >= 11 is 1.64. The van der Waals surface area contributed by atoms with Crippen molar-refractivity contribution < 1.29 is 14.4 Å². The Labute approximate surface area is 192 Å². The van der Waals surface area contributed by atoms with E-state index in [0.717, 1.165) is 10.5 Å². The number of rotatable bonds is 8. The maximum atomic E-state index is 13.2. The summed E-state index contributed by atoms with van der Waals surface area (Å²) in [5.41, 5.74) is 1.95. The van der Waals surface area contributed by atoms with Crippen molar-refractivity contribution in [1.29, 1.82) is 0 Å². The predicted octanol–water partition coefficient (Wildman–Crippen LogP) is 3.12. The molecule has 2 amide bonds. The number of hydrogen-bond donors (Lipinski definition) is 1. The molecule has 1 aliphatic heterocycles. The van der Waals surface area contributed by atoms with Crippen molar-refractivity contribution in [1.82, 2.24) is 10.2 Å². The van der Waals surface area contributed by atoms with Gasteiger partial charge in [0.1, 0.15) is 0 Å². The van der Waals surface area contributed by atoms with Crippen LogP contribution in [-0.4, -0.2) is 55.2 Å². The summed E-state index contributed by atoms with van der Waals surface area (Å²) in [7, 11) is 3.35. The SMILES string of the molecule is CSc1ccc(CN(C(=O)CC(=O)C2N=CC=CN2)c2cccc(C(=O)N(C)C)c2)cc1. The summed E-state index contributed by atoms with van der Waals surface area (Å²) in [6, 6.07) is 14.8. The van der Waals surface area contributed by atoms with E-state index in [9.17, 15) is 14.4 Å². The van der Waals surface area contributed by atoms with Crippen LogP contribution in [0.2, 0.25) is 0 Å². The second kappa shape index (κ2) is 10.8. The van der Waals surface area contributed by atoms with Crippen LogP contribution < -0.4 is 10.2 Å². The zero-order valence-electron chi connectivity index (χ0n) is 18.3. The van der Waals surface area contributed by atoms with Crippen molar-refractivity contribution in [3.8, 4) is 0 Å². The predicted molar refractivity (Wildman–Crippen MR) is 128 cm³/mol. The second-order valence-electron chi connectivity index (χ2n) is 7.45. The average Bonchev–Trinajstić information content (AvgIpc) is 2.82. The molecule has 1 unspecified atom stereocenters. The lowest BCUT2D eigenvalue weighted by Gasteiger charge is -2.24. The van der Waals surface area contributed by atoms with Crippen LogP contribution in [-0.2, 0) is 16.1 Å². The van der Waals surface area contributed by atoms with E-state index >= 15 is 0 Å². The third-order valence-corrected chi connectivity index (χ3v) is 5.66. The lowest BCUT2D eigenvalue weighted by atomic mass is 10.1. The normalized spacial score (nSPS) is 14.5. The Bertz CT molecular complexity index is 1050. The minimum atomic E-state index is -0.770. The fourth-order valence-corrected chi connectivity index (χ4v) is 3.60. The largest absolute Gasteiger partial charge is 0.364 e. The molecule has 0 fully saturated rings. The van der Waals surface area contributed by atoms with E-state index in [1.807, 2.05) is 30.5 Å². The van der Waals surface area contributed by atoms with E-state index in [0.29, 0.717) is 11.3 Å². The van der Waals surface area contributed by atoms with Crippen molar-refractivity contribution in [2.24, 2.45) is 4.99 Å². The summed E-state index contributed by atoms with van der Waals surface area (Å²) < 4.78 is 0. The molecule has 8 heteroatoms. The first-order valence-electron chi connectivity index (χ1n) is 10.1. The monoisotopic (exact) mass is 450 g/mol. The first-order chi connectivity index (χ1) is 15.4. The highest BCUT2D eigenvalue weighted by Crippen LogP contribution is 2.23. The number of amides is 2. The topological polar surface area (TPSA) is 82.1 Å². The molecule has 2 aromatic carbocycles. The van der Waals surface area contributed by atoms with Gasteiger partial charge in [-0.15, -0.1) is 11.8 Å². The molecular formula is C24H26N4O3S. The van der Waals surface area contributed by atoms with Crippen LogP contribution in [0.25, 0.3) is 0 Å². The summed E-state index contributed by atoms with van der Waals surface area (Å²) in [5, 5.41) is 2.85. The number of hydrogen-bond acceptors (Lipinski definition) is 6. The molecule has 1 heterocycles. The van der Waals surface area contributed by atoms with Gasteiger partial charge in [0, 0.05) is 36.5 Å². The smallest absolute Gasteiger partial charge is 0.253 e. The lowest BCUT2D eigenvalue weighted by Crippen LogP contribution is -2.38. The Balaban J connectivity index is 1.88. The van der Waals surface area contributed by atoms with Gasteiger partial charge >= 0.3 is 0 Å². The minimum absolute atomic E-state index is 0.160. The van der Waals surface area contributed by atoms with Crippen LogP contribution in [0.1, 0.15) is 22.3 Å². The van der Waals surface area contributed by atoms with Gasteiger partial charge in [-0.1, -0.05) is 18.2 Å². The number of anilines is 1. The van der Waals surface area contributed by atoms with Crippen LogP contribution >= 0.6 is 11.8 Å². The van der Waals surface area contributed by atoms with Crippen LogP contribution in [0.4, 0.5) is 5.69 Å². The molecule has 0 bridgehead atoms. The van der Waals surface area contributed by atoms with Crippen molar-refractivity contribution in [3.05, 3.63) is 71.9 Å². The molecule has 32 heavy (non-hydrogen) atoms. The summed E-state index contributed by atoms with van der Waals surface area (Å²) in [6.07, 6.45) is 5.77. The summed E-state index contributed by atoms with van der Waals surface area (Å²) in [5.74, 6) is -0.837. The number of nitrogens with zero attached hydrogens (tertiary/aromatic N) is 3. The third kappa shape index (κ3) is 5.85. The number of carbonyl (C=O) groups excluding carboxylic acids is 3. The number of carbonyl (C=O) groups is 3. The number of thioether (sulfide) groups is 1. The maximum absolute atomic E-state index is 13.2. The molecule has 1 aliphatic rings. The van der Waals surface area contributed by atoms with Crippen molar-refractivity contribution >= 4 is 41.3 Å². The van der Waals surface area contributed by atoms with Gasteiger partial charge in [-0.25, -0.2) is 0 Å². The molecule has 0 radical (unpaired) electrons. The van der Waals surface area contributed by atoms with E-state index in [-0.39, 0.29) is 30.6 Å². The van der Waals surface area contributed by atoms with Gasteiger partial charge in [0.15, 0.2) is 11.9 Å². The standard InChI is InChI=1S/C24H26N4O3S/c1-27(2)24(31)18-6-4-7-19(14-18)28(16-17-8-10-20(32-3)11-9-17)22(30)15-21(29)23-25-12-5-13-26-23/h4-14,23,25H,15-16H2,1-3H3. The fourth-order valence-electron chi connectivity index (χ4n) is 3.19. The van der Waals surface area contributed by atoms with Gasteiger partial charge in [0.05, 0.1) is 13.0 Å². The highest BCUT2D eigenvalue weighted by molar-refractivity contribution is 7.98. The van der Waals surface area contributed by atoms with Crippen LogP contribution in [0.3, 0.4) is 0 Å². The Morgan fingerprint density at radius 2 is 1.84 bits per heavy atom. The van der Waals surface area contributed by atoms with Crippen molar-refractivity contribution in [2.45, 2.75) is 24.0 Å². The molecule has 0 saturated heterocycles. The van der Waals surface area contributed by atoms with Gasteiger partial charge < -0.3 is 15.1 Å². The zero-order valence-corrected chi connectivity index (χ0v) is 19.1. The molecule has 0 aliphatic carbocycles. The molecular weight excluding hydrogens is 424 g/mol. The molecule has 7 nitrogen and oxygen atoms in total. The molecule has 0 aromatic heterocycles. The molecule has 2 aromatic rings. The quantitative estimate of drug-likeness (QED) is 0.494. The van der Waals surface area contributed by atoms with Gasteiger partial charge in [0.2, 0.25) is 5.91 Å². The van der Waals surface area contributed by atoms with E-state index in [2.05, 4.69) is 10.3 Å². The Kier molecular flexibility index (Phi) is 7.83. The van der Waals surface area contributed by atoms with Crippen LogP contribution in [0.15, 0.2) is 70.7 Å². The molecule has 0 spiro atoms. The van der Waals surface area contributed by atoms with E-state index in [1.54, 1.807) is 67.3 Å². The minimum Gasteiger partial charge on any atom is -0.364 e. The molecule has 1 atom stereocenters. The third-order valence-electron chi connectivity index (χ3n) is 4.91. The van der Waals surface area contributed by atoms with Crippen LogP contribution in [0, 0.1) is 0 Å². The average molecular weight is 451 g/mol. The molecule has 166 valence electrons. The van der Waals surface area contributed by atoms with Gasteiger partial charge in [-0.3, -0.25) is 19.4 Å². The second-order valence-corrected chi connectivity index (χ2v) is 8.33. The highest BCUT2D eigenvalue weighted by atomic mass is 32.2. The fraction of sp³-hybridized carbons (Fsp3) is 0.250. The molecule has 3 rings (SSSR count). The maximum Gasteiger partial charge on any atom is 0.253 e. The van der Waals surface area contributed by atoms with E-state index in [1.165, 1.54) is 11.1 Å². The number of Topliss-reactive ketones (excluding diaryl/α,β-unsaturated/α-hetero) is 1. The number of ketones is 1. The number of allylic oxidation sites excluding steroid dienone is 1.